The molecule has 0 heterocycles. The summed E-state index contributed by atoms with van der Waals surface area (Å²) in [4.78, 5) is 12.4. The second-order valence-corrected chi connectivity index (χ2v) is 8.89. The Morgan fingerprint density at radius 1 is 1.11 bits per heavy atom. The predicted octanol–water partition coefficient (Wildman–Crippen LogP) is 7.74. The third-order valence-electron chi connectivity index (χ3n) is 7.01. The molecule has 1 aliphatic rings. The molecule has 154 valence electrons. The normalized spacial score (nSPS) is 23.1. The lowest BCUT2D eigenvalue weighted by Gasteiger charge is -2.38. The molecule has 2 nitrogen and oxygen atoms in total. The lowest BCUT2D eigenvalue weighted by atomic mass is 9.65. The Bertz CT molecular complexity index is 607. The van der Waals surface area contributed by atoms with Crippen LogP contribution in [0.2, 0.25) is 0 Å². The van der Waals surface area contributed by atoms with Crippen LogP contribution in [0.5, 0.6) is 0 Å². The number of unbranched alkanes of at least 4 members (excludes halogenated alkanes) is 4. The highest BCUT2D eigenvalue weighted by atomic mass is 16.1. The maximum absolute atomic E-state index is 12.4. The third-order valence-corrected chi connectivity index (χ3v) is 7.01. The van der Waals surface area contributed by atoms with Gasteiger partial charge in [0.2, 0.25) is 0 Å². The average Bonchev–Trinajstić information content (AvgIpc) is 2.75. The molecular formula is C26H39NO. The summed E-state index contributed by atoms with van der Waals surface area (Å²) in [5, 5.41) is 9.83. The number of nitriles is 1. The van der Waals surface area contributed by atoms with Gasteiger partial charge >= 0.3 is 0 Å². The highest BCUT2D eigenvalue weighted by molar-refractivity contribution is 5.95. The summed E-state index contributed by atoms with van der Waals surface area (Å²) in [5.41, 5.74) is 0.772. The lowest BCUT2D eigenvalue weighted by Crippen LogP contribution is -2.29. The quantitative estimate of drug-likeness (QED) is 0.274. The molecule has 0 radical (unpaired) electrons. The molecule has 2 rings (SSSR count). The summed E-state index contributed by atoms with van der Waals surface area (Å²) >= 11 is 0. The summed E-state index contributed by atoms with van der Waals surface area (Å²) in [6.07, 6.45) is 14.7. The molecule has 0 aromatic heterocycles. The van der Waals surface area contributed by atoms with Crippen molar-refractivity contribution in [1.82, 2.24) is 0 Å². The minimum Gasteiger partial charge on any atom is -0.294 e. The Kier molecular flexibility index (Phi) is 9.76. The Morgan fingerprint density at radius 3 is 2.39 bits per heavy atom. The van der Waals surface area contributed by atoms with Crippen LogP contribution in [0.25, 0.3) is 0 Å². The third kappa shape index (κ3) is 6.77. The fraction of sp³-hybridized carbons (Fsp3) is 0.692. The first-order chi connectivity index (χ1) is 13.6. The molecule has 0 saturated heterocycles. The molecule has 0 bridgehead atoms. The summed E-state index contributed by atoms with van der Waals surface area (Å²) in [6.45, 7) is 4.51. The van der Waals surface area contributed by atoms with Crippen molar-refractivity contribution in [2.75, 3.05) is 0 Å². The number of carbonyl (C=O) groups excluding carboxylic acids is 1. The number of ketones is 1. The van der Waals surface area contributed by atoms with E-state index in [0.717, 1.165) is 37.7 Å². The van der Waals surface area contributed by atoms with Gasteiger partial charge in [0.1, 0.15) is 0 Å². The lowest BCUT2D eigenvalue weighted by molar-refractivity contribution is 0.0950. The van der Waals surface area contributed by atoms with E-state index >= 15 is 0 Å². The molecule has 2 heteroatoms. The van der Waals surface area contributed by atoms with Crippen molar-refractivity contribution in [2.24, 2.45) is 17.3 Å². The van der Waals surface area contributed by atoms with Crippen LogP contribution in [0.4, 0.5) is 0 Å². The van der Waals surface area contributed by atoms with Gasteiger partial charge in [0.15, 0.2) is 5.78 Å². The van der Waals surface area contributed by atoms with E-state index in [1.807, 2.05) is 30.3 Å². The maximum Gasteiger partial charge on any atom is 0.162 e. The van der Waals surface area contributed by atoms with E-state index < -0.39 is 0 Å². The summed E-state index contributed by atoms with van der Waals surface area (Å²) in [6, 6.07) is 12.4. The van der Waals surface area contributed by atoms with E-state index in [4.69, 9.17) is 0 Å². The summed E-state index contributed by atoms with van der Waals surface area (Å²) < 4.78 is 0. The van der Waals surface area contributed by atoms with Crippen LogP contribution < -0.4 is 0 Å². The van der Waals surface area contributed by atoms with Crippen LogP contribution in [-0.2, 0) is 0 Å². The van der Waals surface area contributed by atoms with Crippen LogP contribution >= 0.6 is 0 Å². The molecule has 0 spiro atoms. The molecule has 1 atom stereocenters. The number of nitrogens with zero attached hydrogens (tertiary/aromatic N) is 1. The van der Waals surface area contributed by atoms with Gasteiger partial charge in [-0.2, -0.15) is 5.26 Å². The minimum atomic E-state index is -0.0686. The van der Waals surface area contributed by atoms with Crippen molar-refractivity contribution < 1.29 is 4.79 Å². The number of hydrogen-bond donors (Lipinski definition) is 0. The first-order valence-corrected chi connectivity index (χ1v) is 11.6. The maximum atomic E-state index is 12.4. The number of Topliss-reactive ketones (excluding diaryl/α,β-unsaturated/α-hetero) is 1. The number of carbonyl (C=O) groups is 1. The molecule has 0 N–H and O–H groups in total. The second kappa shape index (κ2) is 12.1. The number of hydrogen-bond acceptors (Lipinski definition) is 2. The van der Waals surface area contributed by atoms with Crippen LogP contribution in [0.1, 0.15) is 108 Å². The van der Waals surface area contributed by atoms with Gasteiger partial charge in [0.25, 0.3) is 0 Å². The van der Waals surface area contributed by atoms with Gasteiger partial charge < -0.3 is 0 Å². The number of rotatable bonds is 12. The highest BCUT2D eigenvalue weighted by Crippen LogP contribution is 2.45. The SMILES string of the molecule is CCCCCCCC1(C#N)CCC(C(CC)CCC(=O)c2ccccc2)CC1. The van der Waals surface area contributed by atoms with E-state index in [1.165, 1.54) is 44.9 Å². The van der Waals surface area contributed by atoms with E-state index in [9.17, 15) is 10.1 Å². The zero-order valence-electron chi connectivity index (χ0n) is 18.1. The van der Waals surface area contributed by atoms with Gasteiger partial charge in [-0.15, -0.1) is 0 Å². The van der Waals surface area contributed by atoms with Crippen molar-refractivity contribution in [2.45, 2.75) is 97.3 Å². The number of benzene rings is 1. The van der Waals surface area contributed by atoms with Crippen molar-refractivity contribution in [3.8, 4) is 6.07 Å². The predicted molar refractivity (Wildman–Crippen MR) is 117 cm³/mol. The first kappa shape index (κ1) is 22.7. The van der Waals surface area contributed by atoms with Crippen LogP contribution in [0.3, 0.4) is 0 Å². The van der Waals surface area contributed by atoms with Crippen molar-refractivity contribution in [1.29, 1.82) is 5.26 Å². The Morgan fingerprint density at radius 2 is 1.79 bits per heavy atom. The molecule has 1 aromatic rings. The molecule has 1 fully saturated rings. The van der Waals surface area contributed by atoms with Crippen LogP contribution in [-0.4, -0.2) is 5.78 Å². The van der Waals surface area contributed by atoms with E-state index in [0.29, 0.717) is 18.3 Å². The Balaban J connectivity index is 1.79. The smallest absolute Gasteiger partial charge is 0.162 e. The molecular weight excluding hydrogens is 342 g/mol. The first-order valence-electron chi connectivity index (χ1n) is 11.6. The molecule has 1 saturated carbocycles. The van der Waals surface area contributed by atoms with Crippen molar-refractivity contribution in [3.63, 3.8) is 0 Å². The minimum absolute atomic E-state index is 0.0686. The van der Waals surface area contributed by atoms with Crippen molar-refractivity contribution in [3.05, 3.63) is 35.9 Å². The van der Waals surface area contributed by atoms with Crippen LogP contribution in [0.15, 0.2) is 30.3 Å². The van der Waals surface area contributed by atoms with E-state index in [-0.39, 0.29) is 11.2 Å². The molecule has 28 heavy (non-hydrogen) atoms. The largest absolute Gasteiger partial charge is 0.294 e. The van der Waals surface area contributed by atoms with Gasteiger partial charge in [0, 0.05) is 12.0 Å². The monoisotopic (exact) mass is 381 g/mol. The van der Waals surface area contributed by atoms with Crippen molar-refractivity contribution >= 4 is 5.78 Å². The zero-order chi connectivity index (χ0) is 20.2. The van der Waals surface area contributed by atoms with Gasteiger partial charge in [0.05, 0.1) is 11.5 Å². The zero-order valence-corrected chi connectivity index (χ0v) is 18.1. The Hall–Kier alpha value is -1.62. The Labute approximate surface area is 172 Å². The van der Waals surface area contributed by atoms with E-state index in [2.05, 4.69) is 19.9 Å². The van der Waals surface area contributed by atoms with Crippen LogP contribution in [0, 0.1) is 28.6 Å². The highest BCUT2D eigenvalue weighted by Gasteiger charge is 2.37. The van der Waals surface area contributed by atoms with Gasteiger partial charge in [-0.05, 0) is 50.4 Å². The van der Waals surface area contributed by atoms with Gasteiger partial charge in [-0.25, -0.2) is 0 Å². The fourth-order valence-corrected chi connectivity index (χ4v) is 5.01. The fourth-order valence-electron chi connectivity index (χ4n) is 5.01. The van der Waals surface area contributed by atoms with E-state index in [1.54, 1.807) is 0 Å². The summed E-state index contributed by atoms with van der Waals surface area (Å²) in [5.74, 6) is 1.58. The molecule has 1 aliphatic carbocycles. The van der Waals surface area contributed by atoms with Gasteiger partial charge in [-0.3, -0.25) is 4.79 Å². The van der Waals surface area contributed by atoms with Gasteiger partial charge in [-0.1, -0.05) is 82.7 Å². The molecule has 0 aliphatic heterocycles. The molecule has 1 unspecified atom stereocenters. The molecule has 1 aromatic carbocycles. The average molecular weight is 382 g/mol. The standard InChI is InChI=1S/C26H39NO/c1-3-5-6-7-11-18-26(21-27)19-16-23(17-20-26)22(4-2)14-15-25(28)24-12-9-8-10-13-24/h8-10,12-13,22-23H,3-7,11,14-20H2,1-2H3. The summed E-state index contributed by atoms with van der Waals surface area (Å²) in [7, 11) is 0. The molecule has 0 amide bonds. The topological polar surface area (TPSA) is 40.9 Å². The second-order valence-electron chi connectivity index (χ2n) is 8.89.